The number of esters is 1. The zero-order valence-electron chi connectivity index (χ0n) is 9.87. The van der Waals surface area contributed by atoms with Gasteiger partial charge in [0.2, 0.25) is 0 Å². The Bertz CT molecular complexity index is 198. The van der Waals surface area contributed by atoms with E-state index in [0.717, 1.165) is 5.92 Å². The Labute approximate surface area is 92.4 Å². The summed E-state index contributed by atoms with van der Waals surface area (Å²) in [5.74, 6) is 1.68. The van der Waals surface area contributed by atoms with E-state index in [-0.39, 0.29) is 5.97 Å². The second-order valence-corrected chi connectivity index (χ2v) is 4.80. The molecule has 0 aromatic heterocycles. The summed E-state index contributed by atoms with van der Waals surface area (Å²) in [5.41, 5.74) is 5.73. The molecule has 0 aromatic carbocycles. The number of carbonyl (C=O) groups is 1. The van der Waals surface area contributed by atoms with Crippen molar-refractivity contribution in [3.05, 3.63) is 0 Å². The van der Waals surface area contributed by atoms with Gasteiger partial charge in [-0.15, -0.1) is 0 Å². The summed E-state index contributed by atoms with van der Waals surface area (Å²) in [4.78, 5) is 11.2. The summed E-state index contributed by atoms with van der Waals surface area (Å²) in [6, 6.07) is 0. The largest absolute Gasteiger partial charge is 0.469 e. The van der Waals surface area contributed by atoms with Crippen LogP contribution in [0.5, 0.6) is 0 Å². The van der Waals surface area contributed by atoms with Crippen LogP contribution in [0, 0.1) is 17.8 Å². The minimum atomic E-state index is -0.121. The highest BCUT2D eigenvalue weighted by atomic mass is 16.5. The average molecular weight is 213 g/mol. The van der Waals surface area contributed by atoms with Gasteiger partial charge in [-0.25, -0.2) is 0 Å². The van der Waals surface area contributed by atoms with Crippen molar-refractivity contribution in [1.82, 2.24) is 0 Å². The van der Waals surface area contributed by atoms with Crippen LogP contribution in [0.1, 0.15) is 39.0 Å². The predicted molar refractivity (Wildman–Crippen MR) is 60.3 cm³/mol. The molecule has 0 saturated heterocycles. The molecular weight excluding hydrogens is 190 g/mol. The molecule has 88 valence electrons. The minimum absolute atomic E-state index is 0.121. The van der Waals surface area contributed by atoms with Crippen LogP contribution in [0.2, 0.25) is 0 Å². The lowest BCUT2D eigenvalue weighted by Gasteiger charge is -2.31. The van der Waals surface area contributed by atoms with E-state index in [1.54, 1.807) is 0 Å². The maximum absolute atomic E-state index is 11.2. The summed E-state index contributed by atoms with van der Waals surface area (Å²) in [6.07, 6.45) is 5.50. The third-order valence-corrected chi connectivity index (χ3v) is 3.69. The van der Waals surface area contributed by atoms with Crippen molar-refractivity contribution >= 4 is 5.97 Å². The zero-order valence-corrected chi connectivity index (χ0v) is 9.87. The van der Waals surface area contributed by atoms with E-state index in [4.69, 9.17) is 10.5 Å². The molecule has 0 aromatic rings. The van der Waals surface area contributed by atoms with Crippen LogP contribution in [-0.4, -0.2) is 19.6 Å². The summed E-state index contributed by atoms with van der Waals surface area (Å²) in [5, 5.41) is 0. The molecule has 1 aliphatic rings. The number of rotatable bonds is 4. The van der Waals surface area contributed by atoms with E-state index in [9.17, 15) is 4.79 Å². The zero-order chi connectivity index (χ0) is 11.3. The van der Waals surface area contributed by atoms with Crippen molar-refractivity contribution < 1.29 is 9.53 Å². The average Bonchev–Trinajstić information content (AvgIpc) is 2.27. The fourth-order valence-electron chi connectivity index (χ4n) is 2.50. The van der Waals surface area contributed by atoms with Crippen LogP contribution in [-0.2, 0) is 9.53 Å². The van der Waals surface area contributed by atoms with Crippen molar-refractivity contribution in [2.45, 2.75) is 39.0 Å². The molecule has 0 amide bonds. The number of hydrogen-bond acceptors (Lipinski definition) is 3. The highest BCUT2D eigenvalue weighted by Crippen LogP contribution is 2.34. The lowest BCUT2D eigenvalue weighted by atomic mass is 9.75. The van der Waals surface area contributed by atoms with Gasteiger partial charge in [0.1, 0.15) is 0 Å². The third-order valence-electron chi connectivity index (χ3n) is 3.69. The molecule has 3 heteroatoms. The first-order valence-corrected chi connectivity index (χ1v) is 5.94. The van der Waals surface area contributed by atoms with Crippen molar-refractivity contribution in [1.29, 1.82) is 0 Å². The lowest BCUT2D eigenvalue weighted by molar-refractivity contribution is -0.142. The highest BCUT2D eigenvalue weighted by Gasteiger charge is 2.26. The quantitative estimate of drug-likeness (QED) is 0.726. The second kappa shape index (κ2) is 6.11. The van der Waals surface area contributed by atoms with Crippen molar-refractivity contribution in [2.24, 2.45) is 23.5 Å². The molecule has 1 rings (SSSR count). The molecule has 1 saturated carbocycles. The van der Waals surface area contributed by atoms with Gasteiger partial charge in [0.15, 0.2) is 0 Å². The van der Waals surface area contributed by atoms with Gasteiger partial charge < -0.3 is 10.5 Å². The van der Waals surface area contributed by atoms with Crippen LogP contribution in [0.25, 0.3) is 0 Å². The molecule has 0 spiro atoms. The van der Waals surface area contributed by atoms with Crippen molar-refractivity contribution in [2.75, 3.05) is 13.7 Å². The molecule has 1 fully saturated rings. The van der Waals surface area contributed by atoms with Crippen LogP contribution in [0.3, 0.4) is 0 Å². The van der Waals surface area contributed by atoms with Gasteiger partial charge in [-0.2, -0.15) is 0 Å². The van der Waals surface area contributed by atoms with E-state index in [1.165, 1.54) is 32.8 Å². The van der Waals surface area contributed by atoms with Gasteiger partial charge in [0, 0.05) is 6.42 Å². The highest BCUT2D eigenvalue weighted by molar-refractivity contribution is 5.69. The molecule has 0 radical (unpaired) electrons. The van der Waals surface area contributed by atoms with Crippen LogP contribution in [0.15, 0.2) is 0 Å². The van der Waals surface area contributed by atoms with Gasteiger partial charge in [-0.05, 0) is 37.1 Å². The Morgan fingerprint density at radius 3 is 2.47 bits per heavy atom. The van der Waals surface area contributed by atoms with E-state index < -0.39 is 0 Å². The molecule has 15 heavy (non-hydrogen) atoms. The SMILES string of the molecule is COC(=O)CC(CN)C1CCC(C)CC1. The van der Waals surface area contributed by atoms with Gasteiger partial charge in [-0.1, -0.05) is 19.8 Å². The van der Waals surface area contributed by atoms with E-state index in [2.05, 4.69) is 6.92 Å². The van der Waals surface area contributed by atoms with E-state index in [1.807, 2.05) is 0 Å². The first kappa shape index (κ1) is 12.5. The van der Waals surface area contributed by atoms with E-state index in [0.29, 0.717) is 24.8 Å². The Morgan fingerprint density at radius 2 is 2.00 bits per heavy atom. The van der Waals surface area contributed by atoms with Gasteiger partial charge in [-0.3, -0.25) is 4.79 Å². The number of ether oxygens (including phenoxy) is 1. The normalized spacial score (nSPS) is 28.5. The maximum atomic E-state index is 11.2. The summed E-state index contributed by atoms with van der Waals surface area (Å²) in [7, 11) is 1.44. The minimum Gasteiger partial charge on any atom is -0.469 e. The van der Waals surface area contributed by atoms with Gasteiger partial charge in [0.25, 0.3) is 0 Å². The standard InChI is InChI=1S/C12H23NO2/c1-9-3-5-10(6-4-9)11(8-13)7-12(14)15-2/h9-11H,3-8,13H2,1-2H3. The maximum Gasteiger partial charge on any atom is 0.305 e. The Hall–Kier alpha value is -0.570. The molecule has 0 heterocycles. The Balaban J connectivity index is 2.40. The number of nitrogens with two attached hydrogens (primary N) is 1. The molecule has 1 unspecified atom stereocenters. The summed E-state index contributed by atoms with van der Waals surface area (Å²) < 4.78 is 4.70. The topological polar surface area (TPSA) is 52.3 Å². The molecule has 2 N–H and O–H groups in total. The van der Waals surface area contributed by atoms with Crippen LogP contribution < -0.4 is 5.73 Å². The fourth-order valence-corrected chi connectivity index (χ4v) is 2.50. The predicted octanol–water partition coefficient (Wildman–Crippen LogP) is 1.95. The van der Waals surface area contributed by atoms with Gasteiger partial charge in [0.05, 0.1) is 7.11 Å². The van der Waals surface area contributed by atoms with E-state index >= 15 is 0 Å². The summed E-state index contributed by atoms with van der Waals surface area (Å²) >= 11 is 0. The first-order chi connectivity index (χ1) is 7.17. The van der Waals surface area contributed by atoms with Crippen LogP contribution >= 0.6 is 0 Å². The monoisotopic (exact) mass is 213 g/mol. The molecular formula is C12H23NO2. The fraction of sp³-hybridized carbons (Fsp3) is 0.917. The number of carbonyl (C=O) groups excluding carboxylic acids is 1. The molecule has 1 atom stereocenters. The molecule has 3 nitrogen and oxygen atoms in total. The Morgan fingerprint density at radius 1 is 1.40 bits per heavy atom. The molecule has 0 bridgehead atoms. The van der Waals surface area contributed by atoms with Crippen molar-refractivity contribution in [3.63, 3.8) is 0 Å². The third kappa shape index (κ3) is 3.82. The van der Waals surface area contributed by atoms with Crippen molar-refractivity contribution in [3.8, 4) is 0 Å². The first-order valence-electron chi connectivity index (χ1n) is 5.94. The number of methoxy groups -OCH3 is 1. The molecule has 1 aliphatic carbocycles. The van der Waals surface area contributed by atoms with Crippen LogP contribution in [0.4, 0.5) is 0 Å². The molecule has 0 aliphatic heterocycles. The summed E-state index contributed by atoms with van der Waals surface area (Å²) in [6.45, 7) is 2.90. The number of hydrogen-bond donors (Lipinski definition) is 1. The smallest absolute Gasteiger partial charge is 0.305 e. The van der Waals surface area contributed by atoms with Gasteiger partial charge >= 0.3 is 5.97 Å². The second-order valence-electron chi connectivity index (χ2n) is 4.80. The Kier molecular flexibility index (Phi) is 5.09. The lowest BCUT2D eigenvalue weighted by Crippen LogP contribution is -2.29.